The molecule has 24 heavy (non-hydrogen) atoms. The van der Waals surface area contributed by atoms with Crippen molar-refractivity contribution in [2.24, 2.45) is 0 Å². The van der Waals surface area contributed by atoms with Gasteiger partial charge in [-0.25, -0.2) is 0 Å². The number of ether oxygens (including phenoxy) is 1. The highest BCUT2D eigenvalue weighted by molar-refractivity contribution is 6.30. The summed E-state index contributed by atoms with van der Waals surface area (Å²) in [6.07, 6.45) is -0.353. The van der Waals surface area contributed by atoms with Crippen molar-refractivity contribution in [3.05, 3.63) is 64.1 Å². The van der Waals surface area contributed by atoms with Crippen LogP contribution in [-0.4, -0.2) is 18.5 Å². The molecule has 0 bridgehead atoms. The summed E-state index contributed by atoms with van der Waals surface area (Å²) >= 11 is 11.6. The number of hydrogen-bond acceptors (Lipinski definition) is 4. The van der Waals surface area contributed by atoms with Crippen LogP contribution in [0, 0.1) is 0 Å². The van der Waals surface area contributed by atoms with Crippen LogP contribution in [0.1, 0.15) is 18.0 Å². The van der Waals surface area contributed by atoms with Crippen LogP contribution in [0.4, 0.5) is 0 Å². The van der Waals surface area contributed by atoms with Crippen LogP contribution in [0.2, 0.25) is 10.0 Å². The number of benzene rings is 2. The van der Waals surface area contributed by atoms with Crippen LogP contribution in [0.15, 0.2) is 48.5 Å². The average Bonchev–Trinajstić information content (AvgIpc) is 2.54. The molecule has 1 amide bonds. The molecule has 0 unspecified atom stereocenters. The van der Waals surface area contributed by atoms with Crippen LogP contribution in [0.3, 0.4) is 0 Å². The third-order valence-corrected chi connectivity index (χ3v) is 3.67. The van der Waals surface area contributed by atoms with E-state index in [0.29, 0.717) is 21.4 Å². The van der Waals surface area contributed by atoms with Gasteiger partial charge in [0.15, 0.2) is 6.61 Å². The second-order valence-electron chi connectivity index (χ2n) is 4.99. The van der Waals surface area contributed by atoms with Crippen molar-refractivity contribution in [2.75, 3.05) is 6.61 Å². The Morgan fingerprint density at radius 2 is 1.54 bits per heavy atom. The van der Waals surface area contributed by atoms with E-state index in [0.717, 1.165) is 0 Å². The molecule has 1 N–H and O–H groups in total. The van der Waals surface area contributed by atoms with E-state index in [1.165, 1.54) is 0 Å². The Morgan fingerprint density at radius 3 is 2.08 bits per heavy atom. The first-order chi connectivity index (χ1) is 11.4. The first kappa shape index (κ1) is 18.1. The molecule has 1 atom stereocenters. The SMILES string of the molecule is O=C([O-])C[C@@H](NC(=O)COc1ccc(Cl)cc1)c1ccc(Cl)cc1. The molecule has 2 rings (SSSR count). The van der Waals surface area contributed by atoms with E-state index in [1.807, 2.05) is 0 Å². The van der Waals surface area contributed by atoms with E-state index in [2.05, 4.69) is 5.32 Å². The Bertz CT molecular complexity index is 702. The maximum absolute atomic E-state index is 12.0. The predicted octanol–water partition coefficient (Wildman–Crippen LogP) is 2.37. The fourth-order valence-electron chi connectivity index (χ4n) is 2.03. The molecule has 0 heterocycles. The van der Waals surface area contributed by atoms with Gasteiger partial charge in [-0.05, 0) is 42.0 Å². The van der Waals surface area contributed by atoms with E-state index in [4.69, 9.17) is 27.9 Å². The lowest BCUT2D eigenvalue weighted by molar-refractivity contribution is -0.306. The van der Waals surface area contributed by atoms with Crippen molar-refractivity contribution in [1.82, 2.24) is 5.32 Å². The second-order valence-corrected chi connectivity index (χ2v) is 5.86. The summed E-state index contributed by atoms with van der Waals surface area (Å²) in [6.45, 7) is -0.251. The van der Waals surface area contributed by atoms with Crippen molar-refractivity contribution < 1.29 is 19.4 Å². The van der Waals surface area contributed by atoms with E-state index in [-0.39, 0.29) is 13.0 Å². The molecule has 0 aliphatic carbocycles. The molecule has 0 saturated heterocycles. The Hall–Kier alpha value is -2.24. The summed E-state index contributed by atoms with van der Waals surface area (Å²) in [5.41, 5.74) is 0.614. The van der Waals surface area contributed by atoms with Gasteiger partial charge in [0, 0.05) is 22.4 Å². The first-order valence-electron chi connectivity index (χ1n) is 7.07. The van der Waals surface area contributed by atoms with E-state index >= 15 is 0 Å². The molecule has 7 heteroatoms. The molecule has 0 fully saturated rings. The highest BCUT2D eigenvalue weighted by Gasteiger charge is 2.15. The fraction of sp³-hybridized carbons (Fsp3) is 0.176. The number of aliphatic carboxylic acids is 1. The molecule has 0 spiro atoms. The van der Waals surface area contributed by atoms with Gasteiger partial charge in [0.05, 0.1) is 6.04 Å². The van der Waals surface area contributed by atoms with Crippen molar-refractivity contribution in [3.8, 4) is 5.75 Å². The van der Waals surface area contributed by atoms with Crippen LogP contribution in [0.5, 0.6) is 5.75 Å². The minimum atomic E-state index is -1.27. The Balaban J connectivity index is 1.97. The predicted molar refractivity (Wildman–Crippen MR) is 88.9 cm³/mol. The van der Waals surface area contributed by atoms with Crippen LogP contribution in [0.25, 0.3) is 0 Å². The summed E-state index contributed by atoms with van der Waals surface area (Å²) in [6, 6.07) is 12.4. The molecular weight excluding hydrogens is 353 g/mol. The van der Waals surface area contributed by atoms with Gasteiger partial charge >= 0.3 is 0 Å². The summed E-state index contributed by atoms with van der Waals surface area (Å²) < 4.78 is 5.33. The maximum atomic E-state index is 12.0. The van der Waals surface area contributed by atoms with Crippen molar-refractivity contribution in [3.63, 3.8) is 0 Å². The minimum Gasteiger partial charge on any atom is -0.550 e. The van der Waals surface area contributed by atoms with Gasteiger partial charge in [-0.2, -0.15) is 0 Å². The maximum Gasteiger partial charge on any atom is 0.258 e. The second kappa shape index (κ2) is 8.57. The molecule has 0 aromatic heterocycles. The zero-order valence-corrected chi connectivity index (χ0v) is 14.0. The van der Waals surface area contributed by atoms with Gasteiger partial charge in [-0.1, -0.05) is 35.3 Å². The molecule has 5 nitrogen and oxygen atoms in total. The lowest BCUT2D eigenvalue weighted by Crippen LogP contribution is -2.36. The number of rotatable bonds is 7. The van der Waals surface area contributed by atoms with Crippen LogP contribution >= 0.6 is 23.2 Å². The first-order valence-corrected chi connectivity index (χ1v) is 7.82. The Kier molecular flexibility index (Phi) is 6.46. The van der Waals surface area contributed by atoms with Crippen molar-refractivity contribution >= 4 is 35.1 Å². The van der Waals surface area contributed by atoms with E-state index in [1.54, 1.807) is 48.5 Å². The number of amides is 1. The average molecular weight is 367 g/mol. The van der Waals surface area contributed by atoms with Crippen molar-refractivity contribution in [1.29, 1.82) is 0 Å². The quantitative estimate of drug-likeness (QED) is 0.815. The standard InChI is InChI=1S/C17H15Cl2NO4/c18-12-3-1-11(2-4-12)15(9-17(22)23)20-16(21)10-24-14-7-5-13(19)6-8-14/h1-8,15H,9-10H2,(H,20,21)(H,22,23)/p-1/t15-/m1/s1. The fourth-order valence-corrected chi connectivity index (χ4v) is 2.28. The third-order valence-electron chi connectivity index (χ3n) is 3.16. The van der Waals surface area contributed by atoms with Crippen molar-refractivity contribution in [2.45, 2.75) is 12.5 Å². The third kappa shape index (κ3) is 5.76. The number of hydrogen-bond donors (Lipinski definition) is 1. The summed E-state index contributed by atoms with van der Waals surface area (Å²) in [7, 11) is 0. The highest BCUT2D eigenvalue weighted by Crippen LogP contribution is 2.19. The molecule has 126 valence electrons. The summed E-state index contributed by atoms with van der Waals surface area (Å²) in [4.78, 5) is 22.9. The number of nitrogens with one attached hydrogen (secondary N) is 1. The van der Waals surface area contributed by atoms with Crippen LogP contribution in [-0.2, 0) is 9.59 Å². The molecule has 2 aromatic carbocycles. The summed E-state index contributed by atoms with van der Waals surface area (Å²) in [5.74, 6) is -1.24. The van der Waals surface area contributed by atoms with Gasteiger partial charge in [0.2, 0.25) is 0 Å². The zero-order valence-electron chi connectivity index (χ0n) is 12.5. The largest absolute Gasteiger partial charge is 0.550 e. The number of halogens is 2. The number of carboxylic acids is 1. The molecule has 0 aliphatic rings. The number of carboxylic acid groups (broad SMARTS) is 1. The Labute approximate surface area is 149 Å². The van der Waals surface area contributed by atoms with Gasteiger partial charge < -0.3 is 20.0 Å². The summed E-state index contributed by atoms with van der Waals surface area (Å²) in [5, 5.41) is 14.6. The monoisotopic (exact) mass is 366 g/mol. The number of carbonyl (C=O) groups is 2. The highest BCUT2D eigenvalue weighted by atomic mass is 35.5. The molecule has 0 aliphatic heterocycles. The Morgan fingerprint density at radius 1 is 1.00 bits per heavy atom. The minimum absolute atomic E-state index is 0.251. The van der Waals surface area contributed by atoms with Gasteiger partial charge in [-0.15, -0.1) is 0 Å². The topological polar surface area (TPSA) is 78.5 Å². The van der Waals surface area contributed by atoms with E-state index in [9.17, 15) is 14.7 Å². The molecule has 0 saturated carbocycles. The molecule has 2 aromatic rings. The lowest BCUT2D eigenvalue weighted by Gasteiger charge is -2.20. The van der Waals surface area contributed by atoms with Gasteiger partial charge in [-0.3, -0.25) is 4.79 Å². The van der Waals surface area contributed by atoms with E-state index < -0.39 is 17.9 Å². The van der Waals surface area contributed by atoms with Crippen LogP contribution < -0.4 is 15.2 Å². The molecular formula is C17H14Cl2NO4-. The lowest BCUT2D eigenvalue weighted by atomic mass is 10.0. The zero-order chi connectivity index (χ0) is 17.5. The normalized spacial score (nSPS) is 11.6. The van der Waals surface area contributed by atoms with Gasteiger partial charge in [0.25, 0.3) is 5.91 Å². The smallest absolute Gasteiger partial charge is 0.258 e. The number of carbonyl (C=O) groups excluding carboxylic acids is 2. The molecule has 0 radical (unpaired) electrons. The van der Waals surface area contributed by atoms with Gasteiger partial charge in [0.1, 0.15) is 5.75 Å².